The lowest BCUT2D eigenvalue weighted by Crippen LogP contribution is -2.53. The number of nitrogens with zero attached hydrogens (tertiary/aromatic N) is 1. The Balaban J connectivity index is 2.32. The number of hydrogen-bond acceptors (Lipinski definition) is 1. The summed E-state index contributed by atoms with van der Waals surface area (Å²) in [5, 5.41) is 3.83. The van der Waals surface area contributed by atoms with Gasteiger partial charge < -0.3 is 10.6 Å². The second-order valence-electron chi connectivity index (χ2n) is 7.99. The SMILES string of the molecule is [C-]#[N+]c1cc(F)cc([C@](Cc2ccccc2)(NC(=O)NCC(F)(F)F)c2ccc(F)c(C(F)(F)F)c2)c1. The van der Waals surface area contributed by atoms with E-state index in [4.69, 9.17) is 6.57 Å². The molecule has 194 valence electrons. The monoisotopic (exact) mass is 527 g/mol. The van der Waals surface area contributed by atoms with Crippen molar-refractivity contribution < 1.29 is 39.9 Å². The lowest BCUT2D eigenvalue weighted by molar-refractivity contribution is -0.140. The minimum Gasteiger partial charge on any atom is -0.329 e. The zero-order chi connectivity index (χ0) is 27.4. The normalized spacial score (nSPS) is 13.4. The quantitative estimate of drug-likeness (QED) is 0.266. The molecule has 0 fully saturated rings. The van der Waals surface area contributed by atoms with Crippen molar-refractivity contribution in [2.24, 2.45) is 0 Å². The van der Waals surface area contributed by atoms with Crippen LogP contribution in [0.15, 0.2) is 66.7 Å². The van der Waals surface area contributed by atoms with Gasteiger partial charge in [-0.25, -0.2) is 18.4 Å². The standard InChI is InChI=1S/C25H17F8N3O/c1-34-19-10-17(9-18(26)12-19)23(13-15-5-3-2-4-6-15,36-22(37)35-14-24(28,29)30)16-7-8-21(27)20(11-16)25(31,32)33/h2-12H,13-14H2,(H2,35,36,37)/t23-/m1/s1. The third-order valence-corrected chi connectivity index (χ3v) is 5.36. The van der Waals surface area contributed by atoms with Crippen LogP contribution in [-0.4, -0.2) is 18.8 Å². The minimum atomic E-state index is -5.17. The van der Waals surface area contributed by atoms with Crippen LogP contribution in [0.25, 0.3) is 4.85 Å². The number of amides is 2. The van der Waals surface area contributed by atoms with E-state index < -0.39 is 59.6 Å². The second kappa shape index (κ2) is 10.5. The van der Waals surface area contributed by atoms with Crippen molar-refractivity contribution in [2.75, 3.05) is 6.54 Å². The van der Waals surface area contributed by atoms with Gasteiger partial charge in [0.2, 0.25) is 0 Å². The van der Waals surface area contributed by atoms with Crippen LogP contribution in [0.3, 0.4) is 0 Å². The summed E-state index contributed by atoms with van der Waals surface area (Å²) in [4.78, 5) is 15.8. The number of carbonyl (C=O) groups excluding carboxylic acids is 1. The molecule has 3 rings (SSSR count). The van der Waals surface area contributed by atoms with E-state index in [0.29, 0.717) is 17.7 Å². The molecule has 2 N–H and O–H groups in total. The molecule has 3 aromatic carbocycles. The number of rotatable bonds is 6. The Kier molecular flexibility index (Phi) is 7.76. The summed E-state index contributed by atoms with van der Waals surface area (Å²) in [7, 11) is 0. The number of halogens is 8. The van der Waals surface area contributed by atoms with E-state index in [0.717, 1.165) is 24.3 Å². The Morgan fingerprint density at radius 2 is 1.54 bits per heavy atom. The van der Waals surface area contributed by atoms with Gasteiger partial charge >= 0.3 is 18.4 Å². The highest BCUT2D eigenvalue weighted by atomic mass is 19.4. The van der Waals surface area contributed by atoms with Crippen molar-refractivity contribution in [1.29, 1.82) is 0 Å². The molecule has 0 saturated heterocycles. The summed E-state index contributed by atoms with van der Waals surface area (Å²) < 4.78 is 108. The predicted octanol–water partition coefficient (Wildman–Crippen LogP) is 6.88. The second-order valence-corrected chi connectivity index (χ2v) is 7.99. The Labute approximate surface area is 205 Å². The molecule has 0 unspecified atom stereocenters. The van der Waals surface area contributed by atoms with Gasteiger partial charge in [-0.1, -0.05) is 42.5 Å². The number of benzene rings is 3. The summed E-state index contributed by atoms with van der Waals surface area (Å²) in [6.45, 7) is 5.45. The molecule has 0 spiro atoms. The third-order valence-electron chi connectivity index (χ3n) is 5.36. The maximum Gasteiger partial charge on any atom is 0.419 e. The molecule has 0 aliphatic rings. The molecule has 12 heteroatoms. The zero-order valence-electron chi connectivity index (χ0n) is 18.6. The van der Waals surface area contributed by atoms with E-state index in [-0.39, 0.29) is 11.3 Å². The molecule has 0 aromatic heterocycles. The number of alkyl halides is 6. The summed E-state index contributed by atoms with van der Waals surface area (Å²) in [5.41, 5.74) is -4.43. The van der Waals surface area contributed by atoms with Crippen LogP contribution >= 0.6 is 0 Å². The van der Waals surface area contributed by atoms with Gasteiger partial charge in [0.1, 0.15) is 18.2 Å². The van der Waals surface area contributed by atoms with Crippen LogP contribution in [-0.2, 0) is 18.1 Å². The Morgan fingerprint density at radius 1 is 0.865 bits per heavy atom. The van der Waals surface area contributed by atoms with Crippen molar-refractivity contribution >= 4 is 11.7 Å². The van der Waals surface area contributed by atoms with E-state index in [1.54, 1.807) is 23.5 Å². The van der Waals surface area contributed by atoms with E-state index >= 15 is 0 Å². The highest BCUT2D eigenvalue weighted by Gasteiger charge is 2.41. The molecule has 0 heterocycles. The van der Waals surface area contributed by atoms with Gasteiger partial charge in [-0.3, -0.25) is 0 Å². The van der Waals surface area contributed by atoms with Gasteiger partial charge in [0, 0.05) is 6.42 Å². The fourth-order valence-corrected chi connectivity index (χ4v) is 3.77. The molecule has 3 aromatic rings. The molecular formula is C25H17F8N3O. The van der Waals surface area contributed by atoms with Gasteiger partial charge in [0.25, 0.3) is 0 Å². The van der Waals surface area contributed by atoms with E-state index in [1.165, 1.54) is 12.1 Å². The molecule has 2 amide bonds. The fraction of sp³-hybridized carbons (Fsp3) is 0.200. The molecule has 37 heavy (non-hydrogen) atoms. The average molecular weight is 527 g/mol. The summed E-state index contributed by atoms with van der Waals surface area (Å²) in [5.74, 6) is -2.62. The minimum absolute atomic E-state index is 0.246. The predicted molar refractivity (Wildman–Crippen MR) is 118 cm³/mol. The Hall–Kier alpha value is -4.14. The summed E-state index contributed by atoms with van der Waals surface area (Å²) in [6.07, 6.45) is -10.4. The van der Waals surface area contributed by atoms with E-state index in [1.807, 2.05) is 0 Å². The highest BCUT2D eigenvalue weighted by molar-refractivity contribution is 5.76. The first-order valence-corrected chi connectivity index (χ1v) is 10.5. The van der Waals surface area contributed by atoms with E-state index in [2.05, 4.69) is 10.2 Å². The van der Waals surface area contributed by atoms with Crippen LogP contribution in [0.2, 0.25) is 0 Å². The molecule has 0 aliphatic heterocycles. The largest absolute Gasteiger partial charge is 0.419 e. The first-order valence-electron chi connectivity index (χ1n) is 10.5. The molecule has 0 saturated carbocycles. The highest BCUT2D eigenvalue weighted by Crippen LogP contribution is 2.40. The van der Waals surface area contributed by atoms with Crippen molar-refractivity contribution in [3.05, 3.63) is 112 Å². The molecule has 0 radical (unpaired) electrons. The first-order chi connectivity index (χ1) is 17.2. The summed E-state index contributed by atoms with van der Waals surface area (Å²) >= 11 is 0. The number of nitrogens with one attached hydrogen (secondary N) is 2. The van der Waals surface area contributed by atoms with Crippen molar-refractivity contribution in [2.45, 2.75) is 24.3 Å². The number of carbonyl (C=O) groups is 1. The Morgan fingerprint density at radius 3 is 2.14 bits per heavy atom. The van der Waals surface area contributed by atoms with Gasteiger partial charge in [-0.05, 0) is 41.0 Å². The van der Waals surface area contributed by atoms with Gasteiger partial charge in [-0.15, -0.1) is 0 Å². The van der Waals surface area contributed by atoms with Gasteiger partial charge in [0.05, 0.1) is 17.7 Å². The first kappa shape index (κ1) is 27.4. The van der Waals surface area contributed by atoms with Gasteiger partial charge in [-0.2, -0.15) is 26.3 Å². The number of hydrogen-bond donors (Lipinski definition) is 2. The molecule has 1 atom stereocenters. The smallest absolute Gasteiger partial charge is 0.329 e. The van der Waals surface area contributed by atoms with Crippen LogP contribution in [0.1, 0.15) is 22.3 Å². The van der Waals surface area contributed by atoms with Crippen LogP contribution in [0.5, 0.6) is 0 Å². The molecule has 4 nitrogen and oxygen atoms in total. The fourth-order valence-electron chi connectivity index (χ4n) is 3.77. The maximum absolute atomic E-state index is 14.5. The molecule has 0 bridgehead atoms. The van der Waals surface area contributed by atoms with Gasteiger partial charge in [0.15, 0.2) is 5.69 Å². The lowest BCUT2D eigenvalue weighted by atomic mass is 9.77. The van der Waals surface area contributed by atoms with Crippen molar-refractivity contribution in [1.82, 2.24) is 10.6 Å². The molecule has 0 aliphatic carbocycles. The average Bonchev–Trinajstić information content (AvgIpc) is 2.81. The van der Waals surface area contributed by atoms with Crippen LogP contribution in [0, 0.1) is 18.2 Å². The van der Waals surface area contributed by atoms with Crippen LogP contribution in [0.4, 0.5) is 45.6 Å². The zero-order valence-corrected chi connectivity index (χ0v) is 18.6. The van der Waals surface area contributed by atoms with Crippen molar-refractivity contribution in [3.8, 4) is 0 Å². The van der Waals surface area contributed by atoms with E-state index in [9.17, 15) is 39.9 Å². The van der Waals surface area contributed by atoms with Crippen molar-refractivity contribution in [3.63, 3.8) is 0 Å². The third kappa shape index (κ3) is 6.75. The topological polar surface area (TPSA) is 45.5 Å². The maximum atomic E-state index is 14.5. The summed E-state index contributed by atoms with van der Waals surface area (Å²) in [6, 6.07) is 10.9. The Bertz CT molecular complexity index is 1320. The molecular weight excluding hydrogens is 510 g/mol. The van der Waals surface area contributed by atoms with Crippen LogP contribution < -0.4 is 10.6 Å². The number of urea groups is 1. The lowest BCUT2D eigenvalue weighted by Gasteiger charge is -2.37.